The van der Waals surface area contributed by atoms with E-state index in [0.717, 1.165) is 23.1 Å². The summed E-state index contributed by atoms with van der Waals surface area (Å²) in [6.07, 6.45) is -1.12. The van der Waals surface area contributed by atoms with Crippen LogP contribution in [-0.4, -0.2) is 37.2 Å². The minimum Gasteiger partial charge on any atom is -0.507 e. The van der Waals surface area contributed by atoms with Gasteiger partial charge in [-0.05, 0) is 49.4 Å². The number of hydrogen-bond donors (Lipinski definition) is 4. The smallest absolute Gasteiger partial charge is 0.411 e. The predicted octanol–water partition coefficient (Wildman–Crippen LogP) is 1.80. The number of aromatic hydroxyl groups is 1. The van der Waals surface area contributed by atoms with Gasteiger partial charge in [-0.1, -0.05) is 0 Å². The number of anilines is 2. The molecule has 9 nitrogen and oxygen atoms in total. The maximum atomic E-state index is 12.4. The summed E-state index contributed by atoms with van der Waals surface area (Å²) in [5.41, 5.74) is 5.37. The zero-order valence-electron chi connectivity index (χ0n) is 13.7. The Kier molecular flexibility index (Phi) is 5.36. The highest BCUT2D eigenvalue weighted by Gasteiger charge is 2.19. The van der Waals surface area contributed by atoms with Gasteiger partial charge in [0.25, 0.3) is 15.9 Å². The summed E-state index contributed by atoms with van der Waals surface area (Å²) in [4.78, 5) is 23.2. The van der Waals surface area contributed by atoms with E-state index in [9.17, 15) is 23.1 Å². The quantitative estimate of drug-likeness (QED) is 0.601. The normalized spacial score (nSPS) is 11.0. The molecule has 10 heteroatoms. The number of hydrogen-bond acceptors (Lipinski definition) is 5. The SMILES string of the molecule is CCN(C(=O)O)c1ccc(NS(=O)(=O)c2ccc(O)c(C(N)=O)c2)cc1. The van der Waals surface area contributed by atoms with Crippen LogP contribution in [-0.2, 0) is 10.0 Å². The standard InChI is InChI=1S/C16H17N3O6S/c1-2-19(16(22)23)11-5-3-10(4-6-11)18-26(24,25)12-7-8-14(20)13(9-12)15(17)21/h3-9,18,20H,2H2,1H3,(H2,17,21)(H,22,23). The van der Waals surface area contributed by atoms with Gasteiger partial charge in [-0.2, -0.15) is 0 Å². The van der Waals surface area contributed by atoms with E-state index >= 15 is 0 Å². The van der Waals surface area contributed by atoms with E-state index in [4.69, 9.17) is 10.8 Å². The predicted molar refractivity (Wildman–Crippen MR) is 94.9 cm³/mol. The Bertz CT molecular complexity index is 941. The van der Waals surface area contributed by atoms with E-state index in [2.05, 4.69) is 4.72 Å². The number of carbonyl (C=O) groups is 2. The maximum absolute atomic E-state index is 12.4. The van der Waals surface area contributed by atoms with Crippen molar-refractivity contribution in [1.82, 2.24) is 0 Å². The molecule has 0 aliphatic rings. The van der Waals surface area contributed by atoms with Crippen molar-refractivity contribution in [3.63, 3.8) is 0 Å². The highest BCUT2D eigenvalue weighted by Crippen LogP contribution is 2.24. The molecule has 0 spiro atoms. The first kappa shape index (κ1) is 19.1. The Labute approximate surface area is 149 Å². The number of carbonyl (C=O) groups excluding carboxylic acids is 1. The number of nitrogens with two attached hydrogens (primary N) is 1. The highest BCUT2D eigenvalue weighted by atomic mass is 32.2. The molecule has 0 bridgehead atoms. The molecule has 0 radical (unpaired) electrons. The second-order valence-corrected chi connectivity index (χ2v) is 6.90. The number of amides is 2. The number of rotatable bonds is 6. The molecule has 0 aliphatic heterocycles. The minimum absolute atomic E-state index is 0.198. The van der Waals surface area contributed by atoms with Crippen LogP contribution in [0.1, 0.15) is 17.3 Å². The Balaban J connectivity index is 2.28. The zero-order chi connectivity index (χ0) is 19.5. The molecule has 0 aliphatic carbocycles. The topological polar surface area (TPSA) is 150 Å². The second-order valence-electron chi connectivity index (χ2n) is 5.22. The van der Waals surface area contributed by atoms with Gasteiger partial charge in [0.2, 0.25) is 0 Å². The molecule has 2 aromatic carbocycles. The van der Waals surface area contributed by atoms with Crippen LogP contribution in [0.15, 0.2) is 47.4 Å². The van der Waals surface area contributed by atoms with Crippen LogP contribution in [0, 0.1) is 0 Å². The summed E-state index contributed by atoms with van der Waals surface area (Å²) in [7, 11) is -4.04. The molecule has 0 heterocycles. The Morgan fingerprint density at radius 2 is 1.77 bits per heavy atom. The molecule has 0 saturated carbocycles. The summed E-state index contributed by atoms with van der Waals surface area (Å²) in [6, 6.07) is 8.90. The molecule has 0 fully saturated rings. The molecule has 0 atom stereocenters. The number of sulfonamides is 1. The average molecular weight is 379 g/mol. The third kappa shape index (κ3) is 4.03. The zero-order valence-corrected chi connectivity index (χ0v) is 14.5. The third-order valence-corrected chi connectivity index (χ3v) is 4.90. The average Bonchev–Trinajstić information content (AvgIpc) is 2.56. The molecule has 5 N–H and O–H groups in total. The summed E-state index contributed by atoms with van der Waals surface area (Å²) in [5.74, 6) is -1.38. The van der Waals surface area contributed by atoms with Gasteiger partial charge >= 0.3 is 6.09 Å². The Hall–Kier alpha value is -3.27. The summed E-state index contributed by atoms with van der Waals surface area (Å²) in [5, 5.41) is 18.6. The molecule has 138 valence electrons. The van der Waals surface area contributed by atoms with Crippen LogP contribution in [0.4, 0.5) is 16.2 Å². The fourth-order valence-electron chi connectivity index (χ4n) is 2.23. The lowest BCUT2D eigenvalue weighted by Crippen LogP contribution is -2.28. The van der Waals surface area contributed by atoms with Crippen molar-refractivity contribution in [3.8, 4) is 5.75 Å². The van der Waals surface area contributed by atoms with Gasteiger partial charge in [0.05, 0.1) is 10.5 Å². The van der Waals surface area contributed by atoms with Gasteiger partial charge < -0.3 is 15.9 Å². The van der Waals surface area contributed by atoms with Crippen molar-refractivity contribution in [2.24, 2.45) is 5.73 Å². The van der Waals surface area contributed by atoms with E-state index in [1.54, 1.807) is 6.92 Å². The summed E-state index contributed by atoms with van der Waals surface area (Å²) in [6.45, 7) is 1.91. The summed E-state index contributed by atoms with van der Waals surface area (Å²) >= 11 is 0. The maximum Gasteiger partial charge on any atom is 0.411 e. The van der Waals surface area contributed by atoms with E-state index in [1.807, 2.05) is 0 Å². The fraction of sp³-hybridized carbons (Fsp3) is 0.125. The first-order valence-corrected chi connectivity index (χ1v) is 8.90. The van der Waals surface area contributed by atoms with E-state index in [-0.39, 0.29) is 22.7 Å². The molecule has 26 heavy (non-hydrogen) atoms. The second kappa shape index (κ2) is 7.31. The number of nitrogens with one attached hydrogen (secondary N) is 1. The highest BCUT2D eigenvalue weighted by molar-refractivity contribution is 7.92. The fourth-order valence-corrected chi connectivity index (χ4v) is 3.32. The first-order chi connectivity index (χ1) is 12.2. The van der Waals surface area contributed by atoms with Crippen molar-refractivity contribution < 1.29 is 28.2 Å². The molecule has 2 aromatic rings. The molecular weight excluding hydrogens is 362 g/mol. The number of carboxylic acid groups (broad SMARTS) is 1. The van der Waals surface area contributed by atoms with Gasteiger partial charge in [-0.25, -0.2) is 13.2 Å². The number of primary amides is 1. The lowest BCUT2D eigenvalue weighted by Gasteiger charge is -2.17. The Morgan fingerprint density at radius 1 is 1.15 bits per heavy atom. The van der Waals surface area contributed by atoms with E-state index < -0.39 is 27.8 Å². The monoisotopic (exact) mass is 379 g/mol. The number of benzene rings is 2. The van der Waals surface area contributed by atoms with Gasteiger partial charge in [0.1, 0.15) is 5.75 Å². The number of phenols is 1. The largest absolute Gasteiger partial charge is 0.507 e. The van der Waals surface area contributed by atoms with Gasteiger partial charge in [-0.15, -0.1) is 0 Å². The van der Waals surface area contributed by atoms with Gasteiger partial charge in [-0.3, -0.25) is 14.4 Å². The van der Waals surface area contributed by atoms with Crippen LogP contribution in [0.25, 0.3) is 0 Å². The third-order valence-electron chi connectivity index (χ3n) is 3.52. The first-order valence-electron chi connectivity index (χ1n) is 7.42. The van der Waals surface area contributed by atoms with E-state index in [0.29, 0.717) is 5.69 Å². The Morgan fingerprint density at radius 3 is 2.27 bits per heavy atom. The summed E-state index contributed by atoms with van der Waals surface area (Å²) < 4.78 is 27.1. The van der Waals surface area contributed by atoms with Crippen molar-refractivity contribution in [2.45, 2.75) is 11.8 Å². The molecule has 0 unspecified atom stereocenters. The van der Waals surface area contributed by atoms with Gasteiger partial charge in [0, 0.05) is 17.9 Å². The van der Waals surface area contributed by atoms with Gasteiger partial charge in [0.15, 0.2) is 0 Å². The molecule has 0 saturated heterocycles. The minimum atomic E-state index is -4.04. The van der Waals surface area contributed by atoms with Crippen molar-refractivity contribution in [3.05, 3.63) is 48.0 Å². The number of nitrogens with zero attached hydrogens (tertiary/aromatic N) is 1. The van der Waals surface area contributed by atoms with Crippen molar-refractivity contribution in [1.29, 1.82) is 0 Å². The van der Waals surface area contributed by atoms with Crippen molar-refractivity contribution >= 4 is 33.4 Å². The van der Waals surface area contributed by atoms with Crippen LogP contribution >= 0.6 is 0 Å². The lowest BCUT2D eigenvalue weighted by atomic mass is 10.2. The van der Waals surface area contributed by atoms with Crippen molar-refractivity contribution in [2.75, 3.05) is 16.2 Å². The van der Waals surface area contributed by atoms with Crippen LogP contribution < -0.4 is 15.4 Å². The van der Waals surface area contributed by atoms with Crippen LogP contribution in [0.2, 0.25) is 0 Å². The van der Waals surface area contributed by atoms with Crippen LogP contribution in [0.5, 0.6) is 5.75 Å². The molecule has 2 amide bonds. The van der Waals surface area contributed by atoms with Crippen LogP contribution in [0.3, 0.4) is 0 Å². The molecule has 0 aromatic heterocycles. The molecule has 2 rings (SSSR count). The lowest BCUT2D eigenvalue weighted by molar-refractivity contribution is 0.0997. The molecular formula is C16H17N3O6S. The van der Waals surface area contributed by atoms with E-state index in [1.165, 1.54) is 24.3 Å².